The van der Waals surface area contributed by atoms with Crippen LogP contribution in [0.25, 0.3) is 0 Å². The molecule has 0 aliphatic carbocycles. The second-order valence-corrected chi connectivity index (χ2v) is 9.16. The lowest BCUT2D eigenvalue weighted by Crippen LogP contribution is -2.46. The number of amides is 1. The van der Waals surface area contributed by atoms with Gasteiger partial charge in [0.05, 0.1) is 12.2 Å². The Balaban J connectivity index is 1.73. The van der Waals surface area contributed by atoms with Gasteiger partial charge >= 0.3 is 6.36 Å². The first kappa shape index (κ1) is 22.1. The molecule has 1 amide bonds. The van der Waals surface area contributed by atoms with E-state index in [0.29, 0.717) is 12.1 Å². The Morgan fingerprint density at radius 3 is 2.27 bits per heavy atom. The van der Waals surface area contributed by atoms with Crippen LogP contribution >= 0.6 is 0 Å². The van der Waals surface area contributed by atoms with Gasteiger partial charge in [0, 0.05) is 18.8 Å². The monoisotopic (exact) mass is 442 g/mol. The molecule has 10 heteroatoms. The third-order valence-corrected chi connectivity index (χ3v) is 6.12. The number of halogens is 3. The van der Waals surface area contributed by atoms with Crippen LogP contribution in [0.5, 0.6) is 5.75 Å². The average Bonchev–Trinajstić information content (AvgIpc) is 2.68. The Morgan fingerprint density at radius 1 is 1.07 bits per heavy atom. The van der Waals surface area contributed by atoms with Gasteiger partial charge in [0.15, 0.2) is 0 Å². The molecule has 2 unspecified atom stereocenters. The average molecular weight is 442 g/mol. The van der Waals surface area contributed by atoms with E-state index in [1.54, 1.807) is 0 Å². The second-order valence-electron chi connectivity index (χ2n) is 7.18. The first-order valence-electron chi connectivity index (χ1n) is 9.18. The predicted octanol–water partition coefficient (Wildman–Crippen LogP) is 3.59. The molecular weight excluding hydrogens is 421 g/mol. The third kappa shape index (κ3) is 5.96. The van der Waals surface area contributed by atoms with Crippen molar-refractivity contribution in [3.05, 3.63) is 60.2 Å². The summed E-state index contributed by atoms with van der Waals surface area (Å²) in [6.07, 6.45) is -3.24. The van der Waals surface area contributed by atoms with Gasteiger partial charge in [0.2, 0.25) is 15.9 Å². The highest BCUT2D eigenvalue weighted by molar-refractivity contribution is 7.88. The maximum atomic E-state index is 12.8. The van der Waals surface area contributed by atoms with Gasteiger partial charge in [-0.25, -0.2) is 12.7 Å². The summed E-state index contributed by atoms with van der Waals surface area (Å²) in [6.45, 7) is 0.333. The first-order valence-corrected chi connectivity index (χ1v) is 11.0. The lowest BCUT2D eigenvalue weighted by atomic mass is 9.85. The van der Waals surface area contributed by atoms with Crippen molar-refractivity contribution in [2.75, 3.05) is 24.7 Å². The number of hydrogen-bond acceptors (Lipinski definition) is 4. The number of piperidine rings is 1. The largest absolute Gasteiger partial charge is 0.573 e. The lowest BCUT2D eigenvalue weighted by Gasteiger charge is -2.36. The molecule has 162 valence electrons. The van der Waals surface area contributed by atoms with Gasteiger partial charge < -0.3 is 10.1 Å². The maximum absolute atomic E-state index is 12.8. The Labute approximate surface area is 172 Å². The molecule has 2 atom stereocenters. The van der Waals surface area contributed by atoms with Crippen LogP contribution in [0.15, 0.2) is 54.6 Å². The van der Waals surface area contributed by atoms with Gasteiger partial charge in [0.25, 0.3) is 0 Å². The number of nitrogens with one attached hydrogen (secondary N) is 1. The topological polar surface area (TPSA) is 75.7 Å². The smallest absolute Gasteiger partial charge is 0.406 e. The number of rotatable bonds is 5. The predicted molar refractivity (Wildman–Crippen MR) is 105 cm³/mol. The van der Waals surface area contributed by atoms with Gasteiger partial charge in [0.1, 0.15) is 5.75 Å². The fourth-order valence-corrected chi connectivity index (χ4v) is 4.37. The number of nitrogens with zero attached hydrogens (tertiary/aromatic N) is 1. The molecule has 0 bridgehead atoms. The van der Waals surface area contributed by atoms with Crippen molar-refractivity contribution in [2.24, 2.45) is 5.92 Å². The second kappa shape index (κ2) is 8.65. The fraction of sp³-hybridized carbons (Fsp3) is 0.350. The number of ether oxygens (including phenoxy) is 1. The van der Waals surface area contributed by atoms with E-state index in [-0.39, 0.29) is 19.0 Å². The number of alkyl halides is 3. The maximum Gasteiger partial charge on any atom is 0.573 e. The fourth-order valence-electron chi connectivity index (χ4n) is 3.47. The minimum atomic E-state index is -4.80. The van der Waals surface area contributed by atoms with Gasteiger partial charge in [-0.3, -0.25) is 4.79 Å². The Morgan fingerprint density at radius 2 is 1.70 bits per heavy atom. The van der Waals surface area contributed by atoms with Crippen LogP contribution in [0, 0.1) is 5.92 Å². The Bertz CT molecular complexity index is 979. The van der Waals surface area contributed by atoms with Gasteiger partial charge in [-0.15, -0.1) is 13.2 Å². The molecule has 6 nitrogen and oxygen atoms in total. The summed E-state index contributed by atoms with van der Waals surface area (Å²) in [6, 6.07) is 14.1. The quantitative estimate of drug-likeness (QED) is 0.768. The molecule has 1 N–H and O–H groups in total. The lowest BCUT2D eigenvalue weighted by molar-refractivity contribution is -0.274. The highest BCUT2D eigenvalue weighted by atomic mass is 32.2. The van der Waals surface area contributed by atoms with Crippen molar-refractivity contribution in [1.82, 2.24) is 4.31 Å². The Hall–Kier alpha value is -2.59. The third-order valence-electron chi connectivity index (χ3n) is 4.88. The molecule has 30 heavy (non-hydrogen) atoms. The van der Waals surface area contributed by atoms with Gasteiger partial charge in [-0.2, -0.15) is 0 Å². The van der Waals surface area contributed by atoms with Crippen molar-refractivity contribution in [2.45, 2.75) is 18.7 Å². The number of benzene rings is 2. The number of anilines is 1. The molecule has 0 radical (unpaired) electrons. The molecule has 1 aliphatic rings. The molecule has 3 rings (SSSR count). The summed E-state index contributed by atoms with van der Waals surface area (Å²) in [5.74, 6) is -1.54. The summed E-state index contributed by atoms with van der Waals surface area (Å²) in [4.78, 5) is 12.8. The molecule has 2 aromatic rings. The molecule has 2 aromatic carbocycles. The molecule has 0 saturated carbocycles. The molecule has 1 saturated heterocycles. The van der Waals surface area contributed by atoms with Crippen molar-refractivity contribution in [1.29, 1.82) is 0 Å². The summed E-state index contributed by atoms with van der Waals surface area (Å²) >= 11 is 0. The van der Waals surface area contributed by atoms with E-state index >= 15 is 0 Å². The number of carbonyl (C=O) groups excluding carboxylic acids is 1. The molecular formula is C20H21F3N2O4S. The first-order chi connectivity index (χ1) is 14.0. The number of carbonyl (C=O) groups is 1. The van der Waals surface area contributed by atoms with Crippen LogP contribution < -0.4 is 10.1 Å². The Kier molecular flexibility index (Phi) is 6.37. The van der Waals surface area contributed by atoms with Crippen molar-refractivity contribution in [3.63, 3.8) is 0 Å². The molecule has 1 fully saturated rings. The van der Waals surface area contributed by atoms with Crippen LogP contribution in [0.3, 0.4) is 0 Å². The van der Waals surface area contributed by atoms with Crippen LogP contribution in [0.4, 0.5) is 18.9 Å². The summed E-state index contributed by atoms with van der Waals surface area (Å²) in [5.41, 5.74) is 1.24. The van der Waals surface area contributed by atoms with Crippen molar-refractivity contribution < 1.29 is 31.1 Å². The summed E-state index contributed by atoms with van der Waals surface area (Å²) < 4.78 is 66.1. The summed E-state index contributed by atoms with van der Waals surface area (Å²) in [5, 5.41) is 2.65. The molecule has 1 heterocycles. The summed E-state index contributed by atoms with van der Waals surface area (Å²) in [7, 11) is -3.50. The van der Waals surface area contributed by atoms with E-state index in [1.165, 1.54) is 16.4 Å². The highest BCUT2D eigenvalue weighted by Gasteiger charge is 2.36. The SMILES string of the molecule is CS(=O)(=O)N1CC(C(=O)Nc2ccc(OC(F)(F)F)cc2)CC(c2ccccc2)C1. The van der Waals surface area contributed by atoms with E-state index in [2.05, 4.69) is 10.1 Å². The minimum absolute atomic E-state index is 0.0449. The van der Waals surface area contributed by atoms with Gasteiger partial charge in [-0.05, 0) is 42.2 Å². The molecule has 0 spiro atoms. The van der Waals surface area contributed by atoms with Crippen LogP contribution in [-0.2, 0) is 14.8 Å². The number of sulfonamides is 1. The van der Waals surface area contributed by atoms with Gasteiger partial charge in [-0.1, -0.05) is 30.3 Å². The zero-order valence-electron chi connectivity index (χ0n) is 16.1. The minimum Gasteiger partial charge on any atom is -0.406 e. The van der Waals surface area contributed by atoms with E-state index < -0.39 is 34.0 Å². The normalized spacial score (nSPS) is 20.5. The van der Waals surface area contributed by atoms with Crippen molar-refractivity contribution >= 4 is 21.6 Å². The standard InChI is InChI=1S/C20H21F3N2O4S/c1-30(27,28)25-12-15(14-5-3-2-4-6-14)11-16(13-25)19(26)24-17-7-9-18(10-8-17)29-20(21,22)23/h2-10,15-16H,11-13H2,1H3,(H,24,26). The van der Waals surface area contributed by atoms with Crippen LogP contribution in [-0.4, -0.2) is 44.3 Å². The van der Waals surface area contributed by atoms with E-state index in [9.17, 15) is 26.4 Å². The van der Waals surface area contributed by atoms with E-state index in [0.717, 1.165) is 24.0 Å². The van der Waals surface area contributed by atoms with Crippen LogP contribution in [0.2, 0.25) is 0 Å². The molecule has 0 aromatic heterocycles. The zero-order valence-corrected chi connectivity index (χ0v) is 16.9. The van der Waals surface area contributed by atoms with E-state index in [1.807, 2.05) is 30.3 Å². The van der Waals surface area contributed by atoms with E-state index in [4.69, 9.17) is 0 Å². The van der Waals surface area contributed by atoms with Crippen molar-refractivity contribution in [3.8, 4) is 5.75 Å². The number of hydrogen-bond donors (Lipinski definition) is 1. The zero-order chi connectivity index (χ0) is 21.9. The van der Waals surface area contributed by atoms with Crippen LogP contribution in [0.1, 0.15) is 17.9 Å². The highest BCUT2D eigenvalue weighted by Crippen LogP contribution is 2.32. The molecule has 1 aliphatic heterocycles.